The van der Waals surface area contributed by atoms with E-state index in [4.69, 9.17) is 4.74 Å². The van der Waals surface area contributed by atoms with Crippen LogP contribution in [0.1, 0.15) is 41.3 Å². The van der Waals surface area contributed by atoms with Crippen molar-refractivity contribution < 1.29 is 9.53 Å². The van der Waals surface area contributed by atoms with Gasteiger partial charge in [-0.2, -0.15) is 0 Å². The number of methoxy groups -OCH3 is 1. The SMILES string of the molecule is CCC1=Cc2ccc(C=O)c(OC)c2CC1. The highest BCUT2D eigenvalue weighted by Crippen LogP contribution is 2.33. The van der Waals surface area contributed by atoms with Gasteiger partial charge in [-0.25, -0.2) is 0 Å². The molecule has 0 fully saturated rings. The minimum Gasteiger partial charge on any atom is -0.496 e. The van der Waals surface area contributed by atoms with Gasteiger partial charge in [0.1, 0.15) is 5.75 Å². The quantitative estimate of drug-likeness (QED) is 0.725. The second-order valence-electron chi connectivity index (χ2n) is 4.03. The van der Waals surface area contributed by atoms with Gasteiger partial charge in [0.15, 0.2) is 6.29 Å². The van der Waals surface area contributed by atoms with Gasteiger partial charge < -0.3 is 4.74 Å². The number of fused-ring (bicyclic) bond motifs is 1. The fourth-order valence-electron chi connectivity index (χ4n) is 2.24. The average Bonchev–Trinajstić information content (AvgIpc) is 2.36. The van der Waals surface area contributed by atoms with Gasteiger partial charge in [0.05, 0.1) is 12.7 Å². The van der Waals surface area contributed by atoms with Crippen molar-refractivity contribution in [3.8, 4) is 5.75 Å². The van der Waals surface area contributed by atoms with E-state index in [9.17, 15) is 4.79 Å². The van der Waals surface area contributed by atoms with Gasteiger partial charge >= 0.3 is 0 Å². The average molecular weight is 216 g/mol. The molecule has 16 heavy (non-hydrogen) atoms. The topological polar surface area (TPSA) is 26.3 Å². The van der Waals surface area contributed by atoms with E-state index in [-0.39, 0.29) is 0 Å². The number of carbonyl (C=O) groups excluding carboxylic acids is 1. The first-order chi connectivity index (χ1) is 7.80. The van der Waals surface area contributed by atoms with E-state index in [0.717, 1.165) is 31.3 Å². The second-order valence-corrected chi connectivity index (χ2v) is 4.03. The predicted molar refractivity (Wildman–Crippen MR) is 65.0 cm³/mol. The fraction of sp³-hybridized carbons (Fsp3) is 0.357. The summed E-state index contributed by atoms with van der Waals surface area (Å²) >= 11 is 0. The zero-order valence-corrected chi connectivity index (χ0v) is 9.75. The monoisotopic (exact) mass is 216 g/mol. The molecule has 84 valence electrons. The molecule has 0 heterocycles. The summed E-state index contributed by atoms with van der Waals surface area (Å²) in [7, 11) is 1.63. The normalized spacial score (nSPS) is 14.0. The van der Waals surface area contributed by atoms with Crippen LogP contribution in [0.2, 0.25) is 0 Å². The van der Waals surface area contributed by atoms with Gasteiger partial charge in [-0.15, -0.1) is 0 Å². The van der Waals surface area contributed by atoms with Crippen LogP contribution in [0, 0.1) is 0 Å². The Balaban J connectivity index is 2.54. The van der Waals surface area contributed by atoms with Gasteiger partial charge in [0.25, 0.3) is 0 Å². The van der Waals surface area contributed by atoms with Gasteiger partial charge in [0.2, 0.25) is 0 Å². The Morgan fingerprint density at radius 1 is 1.38 bits per heavy atom. The smallest absolute Gasteiger partial charge is 0.153 e. The van der Waals surface area contributed by atoms with Crippen LogP contribution in [0.4, 0.5) is 0 Å². The molecule has 1 aromatic carbocycles. The fourth-order valence-corrected chi connectivity index (χ4v) is 2.24. The lowest BCUT2D eigenvalue weighted by molar-refractivity contribution is 0.112. The highest BCUT2D eigenvalue weighted by molar-refractivity contribution is 5.82. The number of allylic oxidation sites excluding steroid dienone is 1. The lowest BCUT2D eigenvalue weighted by atomic mass is 9.89. The summed E-state index contributed by atoms with van der Waals surface area (Å²) in [5.41, 5.74) is 4.48. The van der Waals surface area contributed by atoms with Crippen molar-refractivity contribution >= 4 is 12.4 Å². The Labute approximate surface area is 95.9 Å². The maximum absolute atomic E-state index is 10.9. The Hall–Kier alpha value is -1.57. The summed E-state index contributed by atoms with van der Waals surface area (Å²) in [6, 6.07) is 3.84. The zero-order chi connectivity index (χ0) is 11.5. The third kappa shape index (κ3) is 1.75. The van der Waals surface area contributed by atoms with E-state index in [0.29, 0.717) is 5.56 Å². The van der Waals surface area contributed by atoms with E-state index in [1.54, 1.807) is 7.11 Å². The molecule has 1 aromatic rings. The molecule has 0 spiro atoms. The van der Waals surface area contributed by atoms with Crippen molar-refractivity contribution in [3.63, 3.8) is 0 Å². The Morgan fingerprint density at radius 3 is 2.81 bits per heavy atom. The van der Waals surface area contributed by atoms with E-state index >= 15 is 0 Å². The van der Waals surface area contributed by atoms with E-state index < -0.39 is 0 Å². The number of carbonyl (C=O) groups is 1. The molecule has 0 aliphatic heterocycles. The first-order valence-corrected chi connectivity index (χ1v) is 5.64. The molecule has 1 aliphatic carbocycles. The van der Waals surface area contributed by atoms with Gasteiger partial charge in [-0.3, -0.25) is 4.79 Å². The molecule has 2 heteroatoms. The number of hydrogen-bond acceptors (Lipinski definition) is 2. The molecule has 0 aromatic heterocycles. The van der Waals surface area contributed by atoms with Crippen LogP contribution >= 0.6 is 0 Å². The summed E-state index contributed by atoms with van der Waals surface area (Å²) in [5.74, 6) is 0.749. The summed E-state index contributed by atoms with van der Waals surface area (Å²) in [6.45, 7) is 2.17. The number of benzene rings is 1. The predicted octanol–water partition coefficient (Wildman–Crippen LogP) is 3.25. The minimum atomic E-state index is 0.648. The summed E-state index contributed by atoms with van der Waals surface area (Å²) in [4.78, 5) is 10.9. The molecule has 0 bridgehead atoms. The molecule has 0 atom stereocenters. The van der Waals surface area contributed by atoms with E-state index in [2.05, 4.69) is 13.0 Å². The van der Waals surface area contributed by atoms with E-state index in [1.807, 2.05) is 12.1 Å². The van der Waals surface area contributed by atoms with E-state index in [1.165, 1.54) is 16.7 Å². The standard InChI is InChI=1S/C14H16O2/c1-3-10-4-7-13-11(8-10)5-6-12(9-15)14(13)16-2/h5-6,8-9H,3-4,7H2,1-2H3. The van der Waals surface area contributed by atoms with Gasteiger partial charge in [-0.1, -0.05) is 24.6 Å². The van der Waals surface area contributed by atoms with Gasteiger partial charge in [0, 0.05) is 5.56 Å². The molecule has 2 nitrogen and oxygen atoms in total. The number of aldehydes is 1. The minimum absolute atomic E-state index is 0.648. The first kappa shape index (κ1) is 10.9. The Morgan fingerprint density at radius 2 is 2.19 bits per heavy atom. The maximum Gasteiger partial charge on any atom is 0.153 e. The van der Waals surface area contributed by atoms with Crippen LogP contribution in [-0.4, -0.2) is 13.4 Å². The first-order valence-electron chi connectivity index (χ1n) is 5.64. The number of rotatable bonds is 3. The molecular formula is C14H16O2. The summed E-state index contributed by atoms with van der Waals surface area (Å²) in [5, 5.41) is 0. The molecule has 0 N–H and O–H groups in total. The van der Waals surface area contributed by atoms with Crippen molar-refractivity contribution in [2.45, 2.75) is 26.2 Å². The summed E-state index contributed by atoms with van der Waals surface area (Å²) in [6.07, 6.45) is 6.22. The molecule has 0 radical (unpaired) electrons. The van der Waals surface area contributed by atoms with Crippen LogP contribution < -0.4 is 4.74 Å². The lowest BCUT2D eigenvalue weighted by Crippen LogP contribution is -2.04. The van der Waals surface area contributed by atoms with Crippen molar-refractivity contribution in [3.05, 3.63) is 34.4 Å². The van der Waals surface area contributed by atoms with Crippen LogP contribution in [0.15, 0.2) is 17.7 Å². The molecule has 0 saturated heterocycles. The molecule has 1 aliphatic rings. The molecule has 0 saturated carbocycles. The maximum atomic E-state index is 10.9. The van der Waals surface area contributed by atoms with Crippen molar-refractivity contribution in [2.75, 3.05) is 7.11 Å². The lowest BCUT2D eigenvalue weighted by Gasteiger charge is -2.19. The molecule has 0 amide bonds. The van der Waals surface area contributed by atoms with Crippen LogP contribution in [-0.2, 0) is 6.42 Å². The molecular weight excluding hydrogens is 200 g/mol. The highest BCUT2D eigenvalue weighted by atomic mass is 16.5. The Bertz CT molecular complexity index is 444. The van der Waals surface area contributed by atoms with Gasteiger partial charge in [-0.05, 0) is 30.9 Å². The van der Waals surface area contributed by atoms with Crippen molar-refractivity contribution in [2.24, 2.45) is 0 Å². The number of ether oxygens (including phenoxy) is 1. The Kier molecular flexibility index (Phi) is 3.09. The van der Waals surface area contributed by atoms with Crippen LogP contribution in [0.25, 0.3) is 6.08 Å². The highest BCUT2D eigenvalue weighted by Gasteiger charge is 2.16. The zero-order valence-electron chi connectivity index (χ0n) is 9.75. The van der Waals surface area contributed by atoms with Crippen LogP contribution in [0.5, 0.6) is 5.75 Å². The third-order valence-electron chi connectivity index (χ3n) is 3.17. The largest absolute Gasteiger partial charge is 0.496 e. The summed E-state index contributed by atoms with van der Waals surface area (Å²) < 4.78 is 5.34. The number of hydrogen-bond donors (Lipinski definition) is 0. The second kappa shape index (κ2) is 4.52. The van der Waals surface area contributed by atoms with Crippen LogP contribution in [0.3, 0.4) is 0 Å². The molecule has 0 unspecified atom stereocenters. The molecule has 2 rings (SSSR count). The van der Waals surface area contributed by atoms with Crippen molar-refractivity contribution in [1.29, 1.82) is 0 Å². The third-order valence-corrected chi connectivity index (χ3v) is 3.17. The van der Waals surface area contributed by atoms with Crippen molar-refractivity contribution in [1.82, 2.24) is 0 Å².